The zero-order valence-electron chi connectivity index (χ0n) is 14.3. The second-order valence-electron chi connectivity index (χ2n) is 5.71. The number of nitrogens with zero attached hydrogens (tertiary/aromatic N) is 2. The molecular weight excluding hydrogens is 363 g/mol. The Labute approximate surface area is 153 Å². The summed E-state index contributed by atoms with van der Waals surface area (Å²) in [5, 5.41) is 9.77. The minimum Gasteiger partial charge on any atom is -0.488 e. The van der Waals surface area contributed by atoms with Crippen molar-refractivity contribution in [3.05, 3.63) is 40.8 Å². The number of pyridine rings is 1. The van der Waals surface area contributed by atoms with Crippen LogP contribution in [0.5, 0.6) is 11.6 Å². The fourth-order valence-electron chi connectivity index (χ4n) is 2.38. The monoisotopic (exact) mass is 378 g/mol. The van der Waals surface area contributed by atoms with E-state index in [-0.39, 0.29) is 22.4 Å². The highest BCUT2D eigenvalue weighted by Gasteiger charge is 2.21. The van der Waals surface area contributed by atoms with E-state index in [1.165, 1.54) is 25.4 Å². The molecule has 0 radical (unpaired) electrons. The number of amides is 1. The molecule has 3 aromatic rings. The molecule has 2 N–H and O–H groups in total. The van der Waals surface area contributed by atoms with E-state index in [4.69, 9.17) is 21.1 Å². The topological polar surface area (TPSA) is 89.1 Å². The van der Waals surface area contributed by atoms with Crippen LogP contribution in [-0.2, 0) is 0 Å². The van der Waals surface area contributed by atoms with Crippen molar-refractivity contribution >= 4 is 34.2 Å². The first kappa shape index (κ1) is 17.9. The lowest BCUT2D eigenvalue weighted by molar-refractivity contribution is 0.102. The van der Waals surface area contributed by atoms with Crippen molar-refractivity contribution in [3.8, 4) is 11.6 Å². The highest BCUT2D eigenvalue weighted by molar-refractivity contribution is 6.34. The van der Waals surface area contributed by atoms with Gasteiger partial charge in [-0.2, -0.15) is 0 Å². The molecule has 136 valence electrons. The Bertz CT molecular complexity index is 974. The second kappa shape index (κ2) is 7.17. The van der Waals surface area contributed by atoms with Gasteiger partial charge in [-0.15, -0.1) is 5.10 Å². The van der Waals surface area contributed by atoms with Crippen LogP contribution < -0.4 is 14.8 Å². The largest absolute Gasteiger partial charge is 0.488 e. The molecule has 0 unspecified atom stereocenters. The molecule has 0 bridgehead atoms. The molecule has 0 atom stereocenters. The van der Waals surface area contributed by atoms with E-state index < -0.39 is 11.7 Å². The molecule has 7 nitrogen and oxygen atoms in total. The number of H-pyrrole nitrogens is 1. The van der Waals surface area contributed by atoms with Crippen LogP contribution in [0.1, 0.15) is 24.2 Å². The summed E-state index contributed by atoms with van der Waals surface area (Å²) < 4.78 is 25.1. The molecule has 0 saturated heterocycles. The minimum absolute atomic E-state index is 0.0222. The standard InChI is InChI=1S/C17H16ClFN4O3/c1-8(2)26-12-5-4-11(18)13(14(12)19)16(24)21-9-6-10-15(20-7-9)22-23-17(10)25-3/h4-8H,1-3H3,(H,21,24)(H,20,22,23). The van der Waals surface area contributed by atoms with Crippen LogP contribution in [0.25, 0.3) is 11.0 Å². The fourth-order valence-corrected chi connectivity index (χ4v) is 2.62. The third-order valence-electron chi connectivity index (χ3n) is 3.48. The third-order valence-corrected chi connectivity index (χ3v) is 3.79. The molecule has 3 rings (SSSR count). The van der Waals surface area contributed by atoms with Crippen LogP contribution in [-0.4, -0.2) is 34.3 Å². The maximum atomic E-state index is 14.6. The van der Waals surface area contributed by atoms with Gasteiger partial charge in [0.25, 0.3) is 5.91 Å². The molecule has 0 aliphatic heterocycles. The highest BCUT2D eigenvalue weighted by atomic mass is 35.5. The summed E-state index contributed by atoms with van der Waals surface area (Å²) in [6.07, 6.45) is 1.17. The number of ether oxygens (including phenoxy) is 2. The van der Waals surface area contributed by atoms with Crippen LogP contribution in [0.2, 0.25) is 5.02 Å². The van der Waals surface area contributed by atoms with Crippen LogP contribution in [0.3, 0.4) is 0 Å². The first-order valence-electron chi connectivity index (χ1n) is 7.74. The lowest BCUT2D eigenvalue weighted by Gasteiger charge is -2.14. The number of carbonyl (C=O) groups excluding carboxylic acids is 1. The smallest absolute Gasteiger partial charge is 0.260 e. The normalized spacial score (nSPS) is 11.0. The van der Waals surface area contributed by atoms with E-state index in [0.29, 0.717) is 22.6 Å². The van der Waals surface area contributed by atoms with Crippen LogP contribution in [0.4, 0.5) is 10.1 Å². The average Bonchev–Trinajstić information content (AvgIpc) is 2.99. The van der Waals surface area contributed by atoms with Crippen molar-refractivity contribution in [2.75, 3.05) is 12.4 Å². The van der Waals surface area contributed by atoms with Crippen molar-refractivity contribution < 1.29 is 18.7 Å². The fraction of sp³-hybridized carbons (Fsp3) is 0.235. The van der Waals surface area contributed by atoms with Crippen molar-refractivity contribution in [3.63, 3.8) is 0 Å². The number of aromatic amines is 1. The number of aromatic nitrogens is 3. The van der Waals surface area contributed by atoms with E-state index in [0.717, 1.165) is 0 Å². The molecule has 9 heteroatoms. The number of fused-ring (bicyclic) bond motifs is 1. The maximum absolute atomic E-state index is 14.6. The predicted octanol–water partition coefficient (Wildman–Crippen LogP) is 3.80. The van der Waals surface area contributed by atoms with E-state index in [1.807, 2.05) is 0 Å². The number of anilines is 1. The zero-order valence-corrected chi connectivity index (χ0v) is 15.0. The van der Waals surface area contributed by atoms with Crippen molar-refractivity contribution in [2.24, 2.45) is 0 Å². The molecule has 1 amide bonds. The van der Waals surface area contributed by atoms with Gasteiger partial charge in [0.05, 0.1) is 41.1 Å². The molecule has 0 aliphatic rings. The summed E-state index contributed by atoms with van der Waals surface area (Å²) in [5.41, 5.74) is 0.535. The summed E-state index contributed by atoms with van der Waals surface area (Å²) in [6.45, 7) is 3.51. The summed E-state index contributed by atoms with van der Waals surface area (Å²) in [7, 11) is 1.47. The van der Waals surface area contributed by atoms with Gasteiger partial charge in [-0.3, -0.25) is 9.89 Å². The van der Waals surface area contributed by atoms with Gasteiger partial charge in [0, 0.05) is 0 Å². The van der Waals surface area contributed by atoms with Gasteiger partial charge in [0.1, 0.15) is 0 Å². The molecule has 0 fully saturated rings. The molecule has 26 heavy (non-hydrogen) atoms. The minimum atomic E-state index is -0.821. The Morgan fingerprint density at radius 2 is 2.15 bits per heavy atom. The number of methoxy groups -OCH3 is 1. The third kappa shape index (κ3) is 3.41. The number of hydrogen-bond acceptors (Lipinski definition) is 5. The summed E-state index contributed by atoms with van der Waals surface area (Å²) in [5.74, 6) is -1.25. The number of benzene rings is 1. The quantitative estimate of drug-likeness (QED) is 0.705. The Kier molecular flexibility index (Phi) is 4.94. The lowest BCUT2D eigenvalue weighted by atomic mass is 10.1. The highest BCUT2D eigenvalue weighted by Crippen LogP contribution is 2.29. The molecule has 2 aromatic heterocycles. The van der Waals surface area contributed by atoms with Crippen LogP contribution in [0, 0.1) is 5.82 Å². The number of nitrogens with one attached hydrogen (secondary N) is 2. The maximum Gasteiger partial charge on any atom is 0.260 e. The van der Waals surface area contributed by atoms with Gasteiger partial charge >= 0.3 is 0 Å². The zero-order chi connectivity index (χ0) is 18.8. The average molecular weight is 379 g/mol. The first-order chi connectivity index (χ1) is 12.4. The number of rotatable bonds is 5. The first-order valence-corrected chi connectivity index (χ1v) is 8.12. The molecule has 2 heterocycles. The number of carbonyl (C=O) groups is 1. The van der Waals surface area contributed by atoms with Gasteiger partial charge in [-0.1, -0.05) is 11.6 Å². The van der Waals surface area contributed by atoms with E-state index >= 15 is 0 Å². The SMILES string of the molecule is COc1n[nH]c2ncc(NC(=O)c3c(Cl)ccc(OC(C)C)c3F)cc12. The van der Waals surface area contributed by atoms with Crippen molar-refractivity contribution in [1.82, 2.24) is 15.2 Å². The van der Waals surface area contributed by atoms with E-state index in [2.05, 4.69) is 20.5 Å². The van der Waals surface area contributed by atoms with Gasteiger partial charge in [0.15, 0.2) is 17.2 Å². The predicted molar refractivity (Wildman–Crippen MR) is 95.6 cm³/mol. The molecule has 0 aliphatic carbocycles. The number of hydrogen-bond donors (Lipinski definition) is 2. The Hall–Kier alpha value is -2.87. The Balaban J connectivity index is 1.93. The summed E-state index contributed by atoms with van der Waals surface area (Å²) in [4.78, 5) is 16.7. The van der Waals surface area contributed by atoms with E-state index in [9.17, 15) is 9.18 Å². The molecule has 1 aromatic carbocycles. The van der Waals surface area contributed by atoms with Crippen molar-refractivity contribution in [1.29, 1.82) is 0 Å². The number of halogens is 2. The summed E-state index contributed by atoms with van der Waals surface area (Å²) in [6, 6.07) is 4.42. The van der Waals surface area contributed by atoms with Gasteiger partial charge < -0.3 is 14.8 Å². The van der Waals surface area contributed by atoms with Gasteiger partial charge in [-0.05, 0) is 32.0 Å². The molecule has 0 saturated carbocycles. The van der Waals surface area contributed by atoms with Crippen LogP contribution >= 0.6 is 11.6 Å². The van der Waals surface area contributed by atoms with Gasteiger partial charge in [-0.25, -0.2) is 9.37 Å². The Morgan fingerprint density at radius 3 is 2.85 bits per heavy atom. The van der Waals surface area contributed by atoms with Crippen LogP contribution in [0.15, 0.2) is 24.4 Å². The van der Waals surface area contributed by atoms with Crippen molar-refractivity contribution in [2.45, 2.75) is 20.0 Å². The lowest BCUT2D eigenvalue weighted by Crippen LogP contribution is -2.16. The second-order valence-corrected chi connectivity index (χ2v) is 6.12. The van der Waals surface area contributed by atoms with E-state index in [1.54, 1.807) is 19.9 Å². The molecular formula is C17H16ClFN4O3. The molecule has 0 spiro atoms. The van der Waals surface area contributed by atoms with Gasteiger partial charge in [0.2, 0.25) is 5.88 Å². The summed E-state index contributed by atoms with van der Waals surface area (Å²) >= 11 is 6.02. The Morgan fingerprint density at radius 1 is 1.38 bits per heavy atom.